The van der Waals surface area contributed by atoms with Crippen LogP contribution >= 0.6 is 0 Å². The molecule has 0 aromatic carbocycles. The molecule has 8 nitrogen and oxygen atoms in total. The van der Waals surface area contributed by atoms with E-state index >= 15 is 0 Å². The van der Waals surface area contributed by atoms with E-state index in [1.807, 2.05) is 21.8 Å². The zero-order valence-corrected chi connectivity index (χ0v) is 14.8. The monoisotopic (exact) mass is 349 g/mol. The lowest BCUT2D eigenvalue weighted by atomic mass is 10.2. The van der Waals surface area contributed by atoms with E-state index in [2.05, 4.69) is 17.3 Å². The van der Waals surface area contributed by atoms with Crippen LogP contribution in [0.15, 0.2) is 18.5 Å². The van der Waals surface area contributed by atoms with Crippen LogP contribution in [-0.4, -0.2) is 77.0 Å². The second-order valence-electron chi connectivity index (χ2n) is 6.83. The van der Waals surface area contributed by atoms with Gasteiger partial charge in [0, 0.05) is 58.3 Å². The first kappa shape index (κ1) is 17.7. The third-order valence-corrected chi connectivity index (χ3v) is 4.74. The Bertz CT molecular complexity index is 563. The van der Waals surface area contributed by atoms with Crippen molar-refractivity contribution in [1.29, 1.82) is 0 Å². The van der Waals surface area contributed by atoms with Crippen molar-refractivity contribution in [2.45, 2.75) is 32.4 Å². The fourth-order valence-corrected chi connectivity index (χ4v) is 3.27. The van der Waals surface area contributed by atoms with Gasteiger partial charge in [-0.2, -0.15) is 5.10 Å². The Morgan fingerprint density at radius 2 is 2.04 bits per heavy atom. The number of urea groups is 1. The molecule has 2 aliphatic rings. The summed E-state index contributed by atoms with van der Waals surface area (Å²) in [5.74, 6) is 0.372. The number of aromatic nitrogens is 2. The van der Waals surface area contributed by atoms with E-state index in [4.69, 9.17) is 4.74 Å². The number of nitrogens with one attached hydrogen (secondary N) is 1. The molecule has 0 radical (unpaired) electrons. The Hall–Kier alpha value is -2.09. The third-order valence-electron chi connectivity index (χ3n) is 4.74. The smallest absolute Gasteiger partial charge is 0.317 e. The van der Waals surface area contributed by atoms with Gasteiger partial charge in [0.1, 0.15) is 6.10 Å². The van der Waals surface area contributed by atoms with Gasteiger partial charge < -0.3 is 19.9 Å². The predicted molar refractivity (Wildman–Crippen MR) is 91.9 cm³/mol. The molecule has 2 unspecified atom stereocenters. The van der Waals surface area contributed by atoms with Crippen LogP contribution in [-0.2, 0) is 16.1 Å². The summed E-state index contributed by atoms with van der Waals surface area (Å²) in [4.78, 5) is 28.2. The highest BCUT2D eigenvalue weighted by atomic mass is 16.5. The number of piperazine rings is 1. The number of nitrogens with zero attached hydrogens (tertiary/aromatic N) is 4. The molecular formula is C17H27N5O3. The van der Waals surface area contributed by atoms with Crippen LogP contribution in [0.3, 0.4) is 0 Å². The minimum atomic E-state index is -0.275. The average molecular weight is 349 g/mol. The fourth-order valence-electron chi connectivity index (χ4n) is 3.27. The first-order chi connectivity index (χ1) is 12.1. The van der Waals surface area contributed by atoms with Crippen LogP contribution in [0.4, 0.5) is 4.79 Å². The van der Waals surface area contributed by atoms with Gasteiger partial charge in [-0.3, -0.25) is 9.48 Å². The van der Waals surface area contributed by atoms with Gasteiger partial charge in [0.2, 0.25) is 0 Å². The molecule has 138 valence electrons. The van der Waals surface area contributed by atoms with E-state index in [0.717, 1.165) is 19.4 Å². The number of amides is 3. The Balaban J connectivity index is 1.37. The first-order valence-corrected chi connectivity index (χ1v) is 9.04. The van der Waals surface area contributed by atoms with E-state index in [1.54, 1.807) is 11.1 Å². The van der Waals surface area contributed by atoms with Gasteiger partial charge in [0.15, 0.2) is 0 Å². The molecule has 0 saturated carbocycles. The zero-order valence-electron chi connectivity index (χ0n) is 14.8. The van der Waals surface area contributed by atoms with E-state index in [0.29, 0.717) is 45.2 Å². The van der Waals surface area contributed by atoms with Gasteiger partial charge in [0.05, 0.1) is 0 Å². The minimum absolute atomic E-state index is 0.0588. The molecule has 3 heterocycles. The topological polar surface area (TPSA) is 79.7 Å². The van der Waals surface area contributed by atoms with Crippen molar-refractivity contribution in [2.24, 2.45) is 5.92 Å². The predicted octanol–water partition coefficient (Wildman–Crippen LogP) is 0.552. The molecule has 2 aliphatic heterocycles. The van der Waals surface area contributed by atoms with E-state index in [9.17, 15) is 9.59 Å². The number of hydrogen-bond donors (Lipinski definition) is 1. The first-order valence-electron chi connectivity index (χ1n) is 9.04. The number of ether oxygens (including phenoxy) is 1. The number of carbonyl (C=O) groups excluding carboxylic acids is 2. The molecule has 8 heteroatoms. The van der Waals surface area contributed by atoms with Crippen LogP contribution in [0.25, 0.3) is 0 Å². The summed E-state index contributed by atoms with van der Waals surface area (Å²) in [6.45, 7) is 6.43. The molecule has 0 bridgehead atoms. The molecule has 1 aromatic heterocycles. The maximum atomic E-state index is 12.3. The summed E-state index contributed by atoms with van der Waals surface area (Å²) >= 11 is 0. The van der Waals surface area contributed by atoms with E-state index < -0.39 is 0 Å². The molecule has 1 N–H and O–H groups in total. The Labute approximate surface area is 148 Å². The molecule has 1 aromatic rings. The van der Waals surface area contributed by atoms with Crippen molar-refractivity contribution < 1.29 is 14.3 Å². The summed E-state index contributed by atoms with van der Waals surface area (Å²) in [6.07, 6.45) is 5.16. The highest BCUT2D eigenvalue weighted by Crippen LogP contribution is 2.16. The molecule has 3 amide bonds. The van der Waals surface area contributed by atoms with Crippen molar-refractivity contribution in [3.05, 3.63) is 18.5 Å². The summed E-state index contributed by atoms with van der Waals surface area (Å²) in [7, 11) is 0. The van der Waals surface area contributed by atoms with Gasteiger partial charge >= 0.3 is 6.03 Å². The molecule has 3 rings (SSSR count). The van der Waals surface area contributed by atoms with Crippen LogP contribution in [0.5, 0.6) is 0 Å². The van der Waals surface area contributed by atoms with Crippen molar-refractivity contribution in [3.63, 3.8) is 0 Å². The SMILES string of the molecule is CC(CNC(=O)N1CCN(C(=O)C2CCCO2)CC1)Cn1cccn1. The molecule has 0 spiro atoms. The summed E-state index contributed by atoms with van der Waals surface area (Å²) in [6, 6.07) is 1.83. The summed E-state index contributed by atoms with van der Waals surface area (Å²) in [5, 5.41) is 7.16. The lowest BCUT2D eigenvalue weighted by Gasteiger charge is -2.35. The Morgan fingerprint density at radius 3 is 2.68 bits per heavy atom. The molecule has 2 atom stereocenters. The maximum Gasteiger partial charge on any atom is 0.317 e. The molecular weight excluding hydrogens is 322 g/mol. The van der Waals surface area contributed by atoms with E-state index in [1.165, 1.54) is 0 Å². The van der Waals surface area contributed by atoms with Crippen LogP contribution in [0.1, 0.15) is 19.8 Å². The van der Waals surface area contributed by atoms with Crippen LogP contribution < -0.4 is 5.32 Å². The molecule has 2 fully saturated rings. The average Bonchev–Trinajstić information content (AvgIpc) is 3.33. The molecule has 0 aliphatic carbocycles. The quantitative estimate of drug-likeness (QED) is 0.842. The third kappa shape index (κ3) is 4.72. The lowest BCUT2D eigenvalue weighted by Crippen LogP contribution is -2.55. The van der Waals surface area contributed by atoms with Crippen molar-refractivity contribution in [3.8, 4) is 0 Å². The standard InChI is InChI=1S/C17H27N5O3/c1-14(13-22-6-3-5-19-22)12-18-17(24)21-9-7-20(8-10-21)16(23)15-4-2-11-25-15/h3,5-6,14-15H,2,4,7-13H2,1H3,(H,18,24). The summed E-state index contributed by atoms with van der Waals surface area (Å²) < 4.78 is 7.33. The zero-order chi connectivity index (χ0) is 17.6. The van der Waals surface area contributed by atoms with Gasteiger partial charge in [-0.1, -0.05) is 6.92 Å². The lowest BCUT2D eigenvalue weighted by molar-refractivity contribution is -0.142. The number of hydrogen-bond acceptors (Lipinski definition) is 4. The normalized spacial score (nSPS) is 22.0. The molecule has 2 saturated heterocycles. The number of rotatable bonds is 5. The van der Waals surface area contributed by atoms with Crippen molar-refractivity contribution >= 4 is 11.9 Å². The Morgan fingerprint density at radius 1 is 1.28 bits per heavy atom. The van der Waals surface area contributed by atoms with Gasteiger partial charge in [-0.25, -0.2) is 4.79 Å². The highest BCUT2D eigenvalue weighted by molar-refractivity contribution is 5.81. The van der Waals surface area contributed by atoms with Gasteiger partial charge in [0.25, 0.3) is 5.91 Å². The van der Waals surface area contributed by atoms with Crippen LogP contribution in [0, 0.1) is 5.92 Å². The summed E-state index contributed by atoms with van der Waals surface area (Å²) in [5.41, 5.74) is 0. The second kappa shape index (κ2) is 8.33. The minimum Gasteiger partial charge on any atom is -0.368 e. The Kier molecular flexibility index (Phi) is 5.91. The van der Waals surface area contributed by atoms with Crippen molar-refractivity contribution in [1.82, 2.24) is 24.9 Å². The number of carbonyl (C=O) groups is 2. The van der Waals surface area contributed by atoms with Gasteiger partial charge in [-0.05, 0) is 24.8 Å². The maximum absolute atomic E-state index is 12.3. The van der Waals surface area contributed by atoms with Crippen LogP contribution in [0.2, 0.25) is 0 Å². The largest absolute Gasteiger partial charge is 0.368 e. The fraction of sp³-hybridized carbons (Fsp3) is 0.706. The van der Waals surface area contributed by atoms with Crippen molar-refractivity contribution in [2.75, 3.05) is 39.3 Å². The van der Waals surface area contributed by atoms with E-state index in [-0.39, 0.29) is 18.0 Å². The van der Waals surface area contributed by atoms with Gasteiger partial charge in [-0.15, -0.1) is 0 Å². The highest BCUT2D eigenvalue weighted by Gasteiger charge is 2.31. The molecule has 25 heavy (non-hydrogen) atoms. The second-order valence-corrected chi connectivity index (χ2v) is 6.83.